The average Bonchev–Trinajstić information content (AvgIpc) is 2.65. The van der Waals surface area contributed by atoms with E-state index in [-0.39, 0.29) is 23.8 Å². The van der Waals surface area contributed by atoms with Crippen LogP contribution in [0.3, 0.4) is 0 Å². The molecule has 3 amide bonds. The second kappa shape index (κ2) is 9.32. The normalized spacial score (nSPS) is 17.0. The Morgan fingerprint density at radius 3 is 2.17 bits per heavy atom. The molecule has 0 aromatic heterocycles. The number of benzene rings is 1. The largest absolute Gasteiger partial charge is 0.444 e. The van der Waals surface area contributed by atoms with Crippen LogP contribution in [0, 0.1) is 5.92 Å². The van der Waals surface area contributed by atoms with Crippen molar-refractivity contribution in [1.82, 2.24) is 15.8 Å². The van der Waals surface area contributed by atoms with E-state index >= 15 is 0 Å². The lowest BCUT2D eigenvalue weighted by Crippen LogP contribution is -2.46. The minimum atomic E-state index is -0.541. The minimum Gasteiger partial charge on any atom is -0.444 e. The van der Waals surface area contributed by atoms with E-state index in [1.54, 1.807) is 4.90 Å². The second-order valence-corrected chi connectivity index (χ2v) is 8.88. The van der Waals surface area contributed by atoms with E-state index in [9.17, 15) is 14.4 Å². The van der Waals surface area contributed by atoms with Gasteiger partial charge in [-0.25, -0.2) is 4.79 Å². The SMILES string of the molecule is CC(C)(C)OC(=O)N1CCC(=C(C(=O)NNC(=O)C2CCC2)c2ccccc2)CC1. The molecule has 2 aliphatic rings. The number of hydrazine groups is 1. The van der Waals surface area contributed by atoms with Crippen LogP contribution in [0.4, 0.5) is 4.79 Å². The molecular weight excluding hydrogens is 382 g/mol. The topological polar surface area (TPSA) is 87.7 Å². The fourth-order valence-electron chi connectivity index (χ4n) is 3.59. The van der Waals surface area contributed by atoms with Crippen molar-refractivity contribution in [3.05, 3.63) is 41.5 Å². The molecule has 7 heteroatoms. The monoisotopic (exact) mass is 413 g/mol. The molecule has 1 aliphatic carbocycles. The van der Waals surface area contributed by atoms with Crippen molar-refractivity contribution in [2.75, 3.05) is 13.1 Å². The number of nitrogens with zero attached hydrogens (tertiary/aromatic N) is 1. The Bertz CT molecular complexity index is 813. The van der Waals surface area contributed by atoms with E-state index in [0.717, 1.165) is 30.4 Å². The number of piperidine rings is 1. The maximum Gasteiger partial charge on any atom is 0.410 e. The Morgan fingerprint density at radius 2 is 1.63 bits per heavy atom. The summed E-state index contributed by atoms with van der Waals surface area (Å²) in [5.41, 5.74) is 6.95. The first-order valence-electron chi connectivity index (χ1n) is 10.6. The van der Waals surface area contributed by atoms with E-state index in [4.69, 9.17) is 4.74 Å². The summed E-state index contributed by atoms with van der Waals surface area (Å²) >= 11 is 0. The van der Waals surface area contributed by atoms with Crippen LogP contribution >= 0.6 is 0 Å². The van der Waals surface area contributed by atoms with E-state index in [0.29, 0.717) is 31.5 Å². The van der Waals surface area contributed by atoms with Gasteiger partial charge in [0.25, 0.3) is 5.91 Å². The molecule has 1 aliphatic heterocycles. The highest BCUT2D eigenvalue weighted by molar-refractivity contribution is 6.20. The summed E-state index contributed by atoms with van der Waals surface area (Å²) in [5.74, 6) is -0.462. The first-order valence-corrected chi connectivity index (χ1v) is 10.6. The van der Waals surface area contributed by atoms with Gasteiger partial charge in [0, 0.05) is 24.6 Å². The molecule has 1 saturated carbocycles. The van der Waals surface area contributed by atoms with Crippen LogP contribution in [0.2, 0.25) is 0 Å². The number of ether oxygens (including phenoxy) is 1. The first-order chi connectivity index (χ1) is 14.2. The van der Waals surface area contributed by atoms with Crippen molar-refractivity contribution in [2.45, 2.75) is 58.5 Å². The van der Waals surface area contributed by atoms with Gasteiger partial charge < -0.3 is 9.64 Å². The lowest BCUT2D eigenvalue weighted by molar-refractivity contribution is -0.131. The van der Waals surface area contributed by atoms with E-state index < -0.39 is 5.60 Å². The number of amides is 3. The molecule has 2 N–H and O–H groups in total. The van der Waals surface area contributed by atoms with Gasteiger partial charge in [0.1, 0.15) is 5.60 Å². The number of hydrogen-bond donors (Lipinski definition) is 2. The van der Waals surface area contributed by atoms with Crippen LogP contribution in [0.5, 0.6) is 0 Å². The zero-order valence-corrected chi connectivity index (χ0v) is 18.0. The van der Waals surface area contributed by atoms with Crippen molar-refractivity contribution >= 4 is 23.5 Å². The van der Waals surface area contributed by atoms with Crippen molar-refractivity contribution in [3.63, 3.8) is 0 Å². The van der Waals surface area contributed by atoms with Gasteiger partial charge in [-0.3, -0.25) is 20.4 Å². The summed E-state index contributed by atoms with van der Waals surface area (Å²) in [6.07, 6.45) is 3.62. The number of nitrogens with one attached hydrogen (secondary N) is 2. The lowest BCUT2D eigenvalue weighted by Gasteiger charge is -2.32. The first kappa shape index (κ1) is 21.9. The summed E-state index contributed by atoms with van der Waals surface area (Å²) < 4.78 is 5.45. The fourth-order valence-corrected chi connectivity index (χ4v) is 3.59. The van der Waals surface area contributed by atoms with Gasteiger partial charge in [-0.15, -0.1) is 0 Å². The third-order valence-corrected chi connectivity index (χ3v) is 5.44. The van der Waals surface area contributed by atoms with Crippen LogP contribution in [-0.2, 0) is 14.3 Å². The molecule has 1 saturated heterocycles. The maximum absolute atomic E-state index is 13.0. The van der Waals surface area contributed by atoms with E-state index in [2.05, 4.69) is 10.9 Å². The van der Waals surface area contributed by atoms with Crippen molar-refractivity contribution < 1.29 is 19.1 Å². The minimum absolute atomic E-state index is 0.00445. The van der Waals surface area contributed by atoms with Gasteiger partial charge in [0.15, 0.2) is 0 Å². The summed E-state index contributed by atoms with van der Waals surface area (Å²) in [5, 5.41) is 0. The van der Waals surface area contributed by atoms with Crippen molar-refractivity contribution in [3.8, 4) is 0 Å². The molecule has 0 spiro atoms. The summed E-state index contributed by atoms with van der Waals surface area (Å²) in [6.45, 7) is 6.51. The van der Waals surface area contributed by atoms with Gasteiger partial charge in [0.2, 0.25) is 5.91 Å². The number of hydrogen-bond acceptors (Lipinski definition) is 4. The molecule has 7 nitrogen and oxygen atoms in total. The van der Waals surface area contributed by atoms with Crippen LogP contribution < -0.4 is 10.9 Å². The van der Waals surface area contributed by atoms with Crippen LogP contribution in [0.15, 0.2) is 35.9 Å². The Labute approximate surface area is 177 Å². The molecule has 0 bridgehead atoms. The molecule has 162 valence electrons. The molecule has 0 unspecified atom stereocenters. The lowest BCUT2D eigenvalue weighted by atomic mass is 9.85. The number of rotatable bonds is 3. The summed E-state index contributed by atoms with van der Waals surface area (Å²) in [7, 11) is 0. The highest BCUT2D eigenvalue weighted by Crippen LogP contribution is 2.28. The Hall–Kier alpha value is -2.83. The second-order valence-electron chi connectivity index (χ2n) is 8.88. The molecule has 1 heterocycles. The third-order valence-electron chi connectivity index (χ3n) is 5.44. The zero-order valence-electron chi connectivity index (χ0n) is 18.0. The standard InChI is InChI=1S/C23H31N3O4/c1-23(2,3)30-22(29)26-14-12-17(13-15-26)19(16-8-5-4-6-9-16)21(28)25-24-20(27)18-10-7-11-18/h4-6,8-9,18H,7,10-15H2,1-3H3,(H,24,27)(H,25,28). The Balaban J connectivity index is 1.71. The highest BCUT2D eigenvalue weighted by atomic mass is 16.6. The van der Waals surface area contributed by atoms with Crippen LogP contribution in [-0.4, -0.2) is 41.5 Å². The smallest absolute Gasteiger partial charge is 0.410 e. The summed E-state index contributed by atoms with van der Waals surface area (Å²) in [6, 6.07) is 9.43. The molecule has 1 aromatic carbocycles. The van der Waals surface area contributed by atoms with Crippen molar-refractivity contribution in [1.29, 1.82) is 0 Å². The average molecular weight is 414 g/mol. The molecular formula is C23H31N3O4. The van der Waals surface area contributed by atoms with Gasteiger partial charge >= 0.3 is 6.09 Å². The number of carbonyl (C=O) groups is 3. The molecule has 3 rings (SSSR count). The van der Waals surface area contributed by atoms with Crippen molar-refractivity contribution in [2.24, 2.45) is 5.92 Å². The van der Waals surface area contributed by atoms with Gasteiger partial charge in [-0.1, -0.05) is 42.3 Å². The van der Waals surface area contributed by atoms with E-state index in [1.807, 2.05) is 51.1 Å². The molecule has 30 heavy (non-hydrogen) atoms. The highest BCUT2D eigenvalue weighted by Gasteiger charge is 2.29. The molecule has 0 atom stereocenters. The predicted molar refractivity (Wildman–Crippen MR) is 114 cm³/mol. The zero-order chi connectivity index (χ0) is 21.7. The molecule has 0 radical (unpaired) electrons. The van der Waals surface area contributed by atoms with Gasteiger partial charge in [-0.2, -0.15) is 0 Å². The molecule has 1 aromatic rings. The predicted octanol–water partition coefficient (Wildman–Crippen LogP) is 3.42. The number of likely N-dealkylation sites (tertiary alicyclic amines) is 1. The quantitative estimate of drug-likeness (QED) is 0.587. The summed E-state index contributed by atoms with van der Waals surface area (Å²) in [4.78, 5) is 39.1. The van der Waals surface area contributed by atoms with Crippen LogP contribution in [0.25, 0.3) is 5.57 Å². The van der Waals surface area contributed by atoms with Crippen LogP contribution in [0.1, 0.15) is 58.4 Å². The number of carbonyl (C=O) groups excluding carboxylic acids is 3. The fraction of sp³-hybridized carbons (Fsp3) is 0.522. The Morgan fingerprint density at radius 1 is 1.00 bits per heavy atom. The Kier molecular flexibility index (Phi) is 6.80. The van der Waals surface area contributed by atoms with E-state index in [1.165, 1.54) is 0 Å². The van der Waals surface area contributed by atoms with Gasteiger partial charge in [-0.05, 0) is 52.0 Å². The maximum atomic E-state index is 13.0. The molecule has 2 fully saturated rings. The third kappa shape index (κ3) is 5.62. The van der Waals surface area contributed by atoms with Gasteiger partial charge in [0.05, 0.1) is 0 Å².